The van der Waals surface area contributed by atoms with Gasteiger partial charge in [0.1, 0.15) is 0 Å². The summed E-state index contributed by atoms with van der Waals surface area (Å²) in [5.74, 6) is 1.29. The molecule has 5 nitrogen and oxygen atoms in total. The number of thiocarbonyl (C=S) groups is 1. The fraction of sp³-hybridized carbons (Fsp3) is 0.263. The van der Waals surface area contributed by atoms with E-state index in [1.807, 2.05) is 25.1 Å². The van der Waals surface area contributed by atoms with Gasteiger partial charge in [-0.25, -0.2) is 0 Å². The van der Waals surface area contributed by atoms with Crippen LogP contribution in [0.1, 0.15) is 23.6 Å². The average molecular weight is 357 g/mol. The molecule has 0 atom stereocenters. The van der Waals surface area contributed by atoms with Crippen molar-refractivity contribution in [3.8, 4) is 11.5 Å². The highest BCUT2D eigenvalue weighted by atomic mass is 32.1. The first-order valence-electron chi connectivity index (χ1n) is 7.85. The Morgan fingerprint density at radius 3 is 2.36 bits per heavy atom. The summed E-state index contributed by atoms with van der Waals surface area (Å²) in [5.41, 5.74) is 8.03. The van der Waals surface area contributed by atoms with Crippen LogP contribution < -0.4 is 20.2 Å². The van der Waals surface area contributed by atoms with Gasteiger partial charge in [-0.2, -0.15) is 5.10 Å². The zero-order chi connectivity index (χ0) is 18.4. The van der Waals surface area contributed by atoms with Crippen molar-refractivity contribution in [2.75, 3.05) is 19.5 Å². The average Bonchev–Trinajstić information content (AvgIpc) is 2.59. The number of ether oxygens (including phenoxy) is 2. The Morgan fingerprint density at radius 2 is 1.72 bits per heavy atom. The molecule has 0 bridgehead atoms. The quantitative estimate of drug-likeness (QED) is 0.481. The molecule has 0 heterocycles. The zero-order valence-corrected chi connectivity index (χ0v) is 16.0. The summed E-state index contributed by atoms with van der Waals surface area (Å²) in [6.45, 7) is 6.09. The predicted octanol–water partition coefficient (Wildman–Crippen LogP) is 4.03. The third-order valence-electron chi connectivity index (χ3n) is 3.74. The van der Waals surface area contributed by atoms with Crippen LogP contribution in [0.2, 0.25) is 0 Å². The molecule has 0 aliphatic carbocycles. The molecule has 2 N–H and O–H groups in total. The van der Waals surface area contributed by atoms with Gasteiger partial charge in [-0.05, 0) is 50.7 Å². The molecular weight excluding hydrogens is 334 g/mol. The largest absolute Gasteiger partial charge is 0.493 e. The second-order valence-electron chi connectivity index (χ2n) is 5.65. The smallest absolute Gasteiger partial charge is 0.191 e. The van der Waals surface area contributed by atoms with Crippen LogP contribution in [0.25, 0.3) is 0 Å². The van der Waals surface area contributed by atoms with E-state index in [4.69, 9.17) is 21.7 Å². The summed E-state index contributed by atoms with van der Waals surface area (Å²) in [7, 11) is 3.19. The van der Waals surface area contributed by atoms with Crippen LogP contribution in [-0.4, -0.2) is 25.0 Å². The predicted molar refractivity (Wildman–Crippen MR) is 107 cm³/mol. The van der Waals surface area contributed by atoms with Crippen LogP contribution in [0, 0.1) is 13.8 Å². The summed E-state index contributed by atoms with van der Waals surface area (Å²) in [6, 6.07) is 11.8. The number of hydrazone groups is 1. The Labute approximate surface area is 154 Å². The van der Waals surface area contributed by atoms with Gasteiger partial charge >= 0.3 is 0 Å². The lowest BCUT2D eigenvalue weighted by molar-refractivity contribution is 0.355. The monoisotopic (exact) mass is 357 g/mol. The highest BCUT2D eigenvalue weighted by Gasteiger charge is 2.06. The van der Waals surface area contributed by atoms with Gasteiger partial charge in [-0.1, -0.05) is 23.8 Å². The lowest BCUT2D eigenvalue weighted by Crippen LogP contribution is -2.25. The number of rotatable bonds is 5. The molecule has 25 heavy (non-hydrogen) atoms. The van der Waals surface area contributed by atoms with Crippen molar-refractivity contribution in [1.82, 2.24) is 5.43 Å². The summed E-state index contributed by atoms with van der Waals surface area (Å²) < 4.78 is 10.5. The summed E-state index contributed by atoms with van der Waals surface area (Å²) >= 11 is 5.30. The molecule has 132 valence electrons. The molecule has 0 amide bonds. The second-order valence-corrected chi connectivity index (χ2v) is 6.06. The maximum atomic E-state index is 5.30. The van der Waals surface area contributed by atoms with E-state index in [0.29, 0.717) is 16.6 Å². The van der Waals surface area contributed by atoms with Crippen LogP contribution >= 0.6 is 12.2 Å². The van der Waals surface area contributed by atoms with E-state index in [0.717, 1.165) is 17.0 Å². The molecule has 0 spiro atoms. The van der Waals surface area contributed by atoms with Gasteiger partial charge in [0, 0.05) is 17.3 Å². The van der Waals surface area contributed by atoms with E-state index in [2.05, 4.69) is 47.9 Å². The number of hydrogen-bond acceptors (Lipinski definition) is 4. The Kier molecular flexibility index (Phi) is 6.36. The molecule has 0 fully saturated rings. The second kappa shape index (κ2) is 8.48. The van der Waals surface area contributed by atoms with E-state index in [9.17, 15) is 0 Å². The number of nitrogens with zero attached hydrogens (tertiary/aromatic N) is 1. The van der Waals surface area contributed by atoms with Crippen molar-refractivity contribution < 1.29 is 9.47 Å². The van der Waals surface area contributed by atoms with Crippen LogP contribution in [0.5, 0.6) is 11.5 Å². The minimum atomic E-state index is 0.399. The zero-order valence-electron chi connectivity index (χ0n) is 15.1. The van der Waals surface area contributed by atoms with Crippen molar-refractivity contribution in [2.45, 2.75) is 20.8 Å². The summed E-state index contributed by atoms with van der Waals surface area (Å²) in [6.07, 6.45) is 0. The fourth-order valence-electron chi connectivity index (χ4n) is 2.49. The number of methoxy groups -OCH3 is 2. The number of aryl methyl sites for hydroxylation is 2. The van der Waals surface area contributed by atoms with Crippen molar-refractivity contribution in [3.05, 3.63) is 53.1 Å². The van der Waals surface area contributed by atoms with Crippen molar-refractivity contribution in [1.29, 1.82) is 0 Å². The van der Waals surface area contributed by atoms with Crippen molar-refractivity contribution in [2.24, 2.45) is 5.10 Å². The number of benzene rings is 2. The maximum Gasteiger partial charge on any atom is 0.191 e. The van der Waals surface area contributed by atoms with Gasteiger partial charge in [0.2, 0.25) is 0 Å². The lowest BCUT2D eigenvalue weighted by Gasteiger charge is -2.12. The Balaban J connectivity index is 2.04. The number of hydrogen-bond donors (Lipinski definition) is 2. The maximum absolute atomic E-state index is 5.30. The first-order valence-corrected chi connectivity index (χ1v) is 8.26. The van der Waals surface area contributed by atoms with Crippen molar-refractivity contribution >= 4 is 28.7 Å². The molecule has 0 saturated heterocycles. The van der Waals surface area contributed by atoms with Crippen LogP contribution in [-0.2, 0) is 0 Å². The van der Waals surface area contributed by atoms with Gasteiger partial charge in [0.05, 0.1) is 19.9 Å². The molecule has 2 aromatic rings. The normalized spacial score (nSPS) is 11.0. The molecule has 0 aromatic heterocycles. The topological polar surface area (TPSA) is 54.9 Å². The third-order valence-corrected chi connectivity index (χ3v) is 3.93. The van der Waals surface area contributed by atoms with Gasteiger partial charge in [-0.15, -0.1) is 0 Å². The fourth-order valence-corrected chi connectivity index (χ4v) is 2.65. The molecule has 0 radical (unpaired) electrons. The first-order chi connectivity index (χ1) is 11.9. The third kappa shape index (κ3) is 4.93. The molecule has 0 unspecified atom stereocenters. The van der Waals surface area contributed by atoms with Crippen LogP contribution in [0.3, 0.4) is 0 Å². The molecule has 6 heteroatoms. The van der Waals surface area contributed by atoms with Crippen LogP contribution in [0.4, 0.5) is 5.69 Å². The van der Waals surface area contributed by atoms with E-state index >= 15 is 0 Å². The summed E-state index contributed by atoms with van der Waals surface area (Å²) in [4.78, 5) is 0. The standard InChI is InChI=1S/C19H23N3O2S/c1-12-6-8-16(13(2)10-12)14(3)21-22-19(25)20-15-7-9-17(23-4)18(11-15)24-5/h6-11H,1-5H3,(H2,20,22,25)/b21-14-. The minimum absolute atomic E-state index is 0.399. The molecule has 2 aromatic carbocycles. The number of nitrogens with one attached hydrogen (secondary N) is 2. The molecule has 0 saturated carbocycles. The highest BCUT2D eigenvalue weighted by Crippen LogP contribution is 2.29. The van der Waals surface area contributed by atoms with Gasteiger partial charge in [0.15, 0.2) is 16.6 Å². The van der Waals surface area contributed by atoms with E-state index in [1.165, 1.54) is 11.1 Å². The first kappa shape index (κ1) is 18.7. The Bertz CT molecular complexity index is 803. The SMILES string of the molecule is COc1ccc(NC(=S)N/N=C(/C)c2ccc(C)cc2C)cc1OC. The van der Waals surface area contributed by atoms with Gasteiger partial charge < -0.3 is 14.8 Å². The molecule has 0 aliphatic heterocycles. The Hall–Kier alpha value is -2.60. The Morgan fingerprint density at radius 1 is 1.00 bits per heavy atom. The summed E-state index contributed by atoms with van der Waals surface area (Å²) in [5, 5.41) is 7.84. The van der Waals surface area contributed by atoms with E-state index in [1.54, 1.807) is 14.2 Å². The van der Waals surface area contributed by atoms with Crippen LogP contribution in [0.15, 0.2) is 41.5 Å². The number of anilines is 1. The van der Waals surface area contributed by atoms with Gasteiger partial charge in [-0.3, -0.25) is 5.43 Å². The lowest BCUT2D eigenvalue weighted by atomic mass is 10.0. The minimum Gasteiger partial charge on any atom is -0.493 e. The van der Waals surface area contributed by atoms with Crippen molar-refractivity contribution in [3.63, 3.8) is 0 Å². The highest BCUT2D eigenvalue weighted by molar-refractivity contribution is 7.80. The van der Waals surface area contributed by atoms with Gasteiger partial charge in [0.25, 0.3) is 0 Å². The molecule has 0 aliphatic rings. The van der Waals surface area contributed by atoms with E-state index in [-0.39, 0.29) is 0 Å². The molecular formula is C19H23N3O2S. The molecule has 2 rings (SSSR count). The van der Waals surface area contributed by atoms with E-state index < -0.39 is 0 Å².